The van der Waals surface area contributed by atoms with Gasteiger partial charge in [0.1, 0.15) is 5.82 Å². The first kappa shape index (κ1) is 12.2. The summed E-state index contributed by atoms with van der Waals surface area (Å²) in [6.07, 6.45) is 4.87. The van der Waals surface area contributed by atoms with E-state index in [4.69, 9.17) is 0 Å². The molecule has 0 radical (unpaired) electrons. The summed E-state index contributed by atoms with van der Waals surface area (Å²) in [4.78, 5) is 20.0. The molecule has 0 unspecified atom stereocenters. The molecule has 2 aromatic heterocycles. The molecule has 2 aromatic rings. The van der Waals surface area contributed by atoms with Gasteiger partial charge >= 0.3 is 0 Å². The highest BCUT2D eigenvalue weighted by atomic mass is 16.1. The molecule has 0 fully saturated rings. The Kier molecular flexibility index (Phi) is 3.67. The van der Waals surface area contributed by atoms with Gasteiger partial charge < -0.3 is 5.32 Å². The summed E-state index contributed by atoms with van der Waals surface area (Å²) >= 11 is 0. The van der Waals surface area contributed by atoms with Crippen LogP contribution in [0.4, 0.5) is 5.82 Å². The van der Waals surface area contributed by atoms with Crippen molar-refractivity contribution in [3.8, 4) is 0 Å². The number of nitrogens with one attached hydrogen (secondary N) is 1. The second-order valence-electron chi connectivity index (χ2n) is 4.32. The van der Waals surface area contributed by atoms with E-state index in [-0.39, 0.29) is 5.91 Å². The summed E-state index contributed by atoms with van der Waals surface area (Å²) in [7, 11) is 0. The maximum absolute atomic E-state index is 11.9. The normalized spacial score (nSPS) is 10.4. The third-order valence-electron chi connectivity index (χ3n) is 2.62. The van der Waals surface area contributed by atoms with E-state index in [1.165, 1.54) is 6.20 Å². The molecule has 0 spiro atoms. The van der Waals surface area contributed by atoms with Crippen LogP contribution in [0.25, 0.3) is 0 Å². The molecule has 0 atom stereocenters. The van der Waals surface area contributed by atoms with Crippen LogP contribution in [0.15, 0.2) is 42.9 Å². The monoisotopic (exact) mass is 241 g/mol. The van der Waals surface area contributed by atoms with Crippen LogP contribution in [0.5, 0.6) is 0 Å². The van der Waals surface area contributed by atoms with Gasteiger partial charge in [-0.25, -0.2) is 4.98 Å². The number of rotatable bonds is 3. The van der Waals surface area contributed by atoms with Crippen LogP contribution in [0.3, 0.4) is 0 Å². The zero-order valence-corrected chi connectivity index (χ0v) is 10.4. The van der Waals surface area contributed by atoms with E-state index in [0.717, 1.165) is 5.56 Å². The van der Waals surface area contributed by atoms with Crippen molar-refractivity contribution in [1.29, 1.82) is 0 Å². The van der Waals surface area contributed by atoms with E-state index in [9.17, 15) is 4.79 Å². The molecule has 18 heavy (non-hydrogen) atoms. The number of carbonyl (C=O) groups excluding carboxylic acids is 1. The smallest absolute Gasteiger partial charge is 0.258 e. The molecule has 4 heteroatoms. The van der Waals surface area contributed by atoms with Crippen LogP contribution in [0.1, 0.15) is 35.7 Å². The third kappa shape index (κ3) is 2.91. The van der Waals surface area contributed by atoms with Crippen LogP contribution in [-0.4, -0.2) is 15.9 Å². The number of nitrogens with zero attached hydrogens (tertiary/aromatic N) is 2. The first-order valence-electron chi connectivity index (χ1n) is 5.84. The zero-order valence-electron chi connectivity index (χ0n) is 10.4. The lowest BCUT2D eigenvalue weighted by atomic mass is 10.1. The largest absolute Gasteiger partial charge is 0.307 e. The number of hydrogen-bond acceptors (Lipinski definition) is 3. The van der Waals surface area contributed by atoms with Crippen LogP contribution in [0, 0.1) is 0 Å². The van der Waals surface area contributed by atoms with Crippen molar-refractivity contribution in [2.45, 2.75) is 19.8 Å². The van der Waals surface area contributed by atoms with Crippen molar-refractivity contribution in [2.75, 3.05) is 5.32 Å². The van der Waals surface area contributed by atoms with Gasteiger partial charge in [-0.1, -0.05) is 13.8 Å². The van der Waals surface area contributed by atoms with Crippen molar-refractivity contribution in [1.82, 2.24) is 9.97 Å². The van der Waals surface area contributed by atoms with Crippen LogP contribution < -0.4 is 5.32 Å². The predicted octanol–water partition coefficient (Wildman–Crippen LogP) is 2.85. The van der Waals surface area contributed by atoms with Gasteiger partial charge in [-0.15, -0.1) is 0 Å². The molecule has 0 aromatic carbocycles. The molecule has 2 heterocycles. The summed E-state index contributed by atoms with van der Waals surface area (Å²) in [5.41, 5.74) is 1.67. The molecule has 0 aliphatic rings. The van der Waals surface area contributed by atoms with Gasteiger partial charge in [0.15, 0.2) is 0 Å². The molecule has 0 saturated carbocycles. The molecule has 2 rings (SSSR count). The predicted molar refractivity (Wildman–Crippen MR) is 70.5 cm³/mol. The van der Waals surface area contributed by atoms with Gasteiger partial charge in [-0.2, -0.15) is 0 Å². The molecule has 1 amide bonds. The third-order valence-corrected chi connectivity index (χ3v) is 2.62. The van der Waals surface area contributed by atoms with E-state index in [2.05, 4.69) is 29.1 Å². The van der Waals surface area contributed by atoms with E-state index < -0.39 is 0 Å². The lowest BCUT2D eigenvalue weighted by Gasteiger charge is -2.08. The SMILES string of the molecule is CC(C)c1ccnc(NC(=O)c2cccnc2)c1. The van der Waals surface area contributed by atoms with E-state index in [1.54, 1.807) is 24.5 Å². The van der Waals surface area contributed by atoms with E-state index >= 15 is 0 Å². The second kappa shape index (κ2) is 5.40. The Morgan fingerprint density at radius 3 is 2.78 bits per heavy atom. The fraction of sp³-hybridized carbons (Fsp3) is 0.214. The summed E-state index contributed by atoms with van der Waals surface area (Å²) in [5, 5.41) is 2.76. The summed E-state index contributed by atoms with van der Waals surface area (Å²) in [5.74, 6) is 0.772. The Hall–Kier alpha value is -2.23. The fourth-order valence-corrected chi connectivity index (χ4v) is 1.56. The number of aromatic nitrogens is 2. The number of anilines is 1. The first-order chi connectivity index (χ1) is 8.66. The molecule has 4 nitrogen and oxygen atoms in total. The second-order valence-corrected chi connectivity index (χ2v) is 4.32. The minimum absolute atomic E-state index is 0.198. The molecule has 1 N–H and O–H groups in total. The lowest BCUT2D eigenvalue weighted by Crippen LogP contribution is -2.13. The average molecular weight is 241 g/mol. The highest BCUT2D eigenvalue weighted by molar-refractivity contribution is 6.03. The Morgan fingerprint density at radius 1 is 1.28 bits per heavy atom. The molecule has 0 bridgehead atoms. The number of carbonyl (C=O) groups is 1. The van der Waals surface area contributed by atoms with Crippen molar-refractivity contribution in [3.63, 3.8) is 0 Å². The van der Waals surface area contributed by atoms with Gasteiger partial charge in [0.25, 0.3) is 5.91 Å². The molecular weight excluding hydrogens is 226 g/mol. The van der Waals surface area contributed by atoms with Gasteiger partial charge in [0, 0.05) is 18.6 Å². The fourth-order valence-electron chi connectivity index (χ4n) is 1.56. The summed E-state index contributed by atoms with van der Waals surface area (Å²) in [6.45, 7) is 4.20. The molecule has 0 aliphatic heterocycles. The van der Waals surface area contributed by atoms with Crippen LogP contribution >= 0.6 is 0 Å². The van der Waals surface area contributed by atoms with Gasteiger partial charge in [-0.3, -0.25) is 9.78 Å². The van der Waals surface area contributed by atoms with Crippen molar-refractivity contribution in [2.24, 2.45) is 0 Å². The Labute approximate surface area is 106 Å². The zero-order chi connectivity index (χ0) is 13.0. The minimum atomic E-state index is -0.198. The lowest BCUT2D eigenvalue weighted by molar-refractivity contribution is 0.102. The average Bonchev–Trinajstić information content (AvgIpc) is 2.40. The summed E-state index contributed by atoms with van der Waals surface area (Å²) in [6, 6.07) is 7.28. The Bertz CT molecular complexity index is 538. The van der Waals surface area contributed by atoms with Gasteiger partial charge in [0.2, 0.25) is 0 Å². The Morgan fingerprint density at radius 2 is 2.11 bits per heavy atom. The summed E-state index contributed by atoms with van der Waals surface area (Å²) < 4.78 is 0. The van der Waals surface area contributed by atoms with Crippen LogP contribution in [-0.2, 0) is 0 Å². The number of amides is 1. The Balaban J connectivity index is 2.15. The van der Waals surface area contributed by atoms with Gasteiger partial charge in [0.05, 0.1) is 5.56 Å². The first-order valence-corrected chi connectivity index (χ1v) is 5.84. The van der Waals surface area contributed by atoms with Crippen molar-refractivity contribution in [3.05, 3.63) is 54.0 Å². The number of hydrogen-bond donors (Lipinski definition) is 1. The van der Waals surface area contributed by atoms with Crippen molar-refractivity contribution >= 4 is 11.7 Å². The maximum atomic E-state index is 11.9. The van der Waals surface area contributed by atoms with Gasteiger partial charge in [-0.05, 0) is 35.7 Å². The molecular formula is C14H15N3O. The van der Waals surface area contributed by atoms with Crippen molar-refractivity contribution < 1.29 is 4.79 Å². The minimum Gasteiger partial charge on any atom is -0.307 e. The quantitative estimate of drug-likeness (QED) is 0.899. The topological polar surface area (TPSA) is 54.9 Å². The highest BCUT2D eigenvalue weighted by Gasteiger charge is 2.07. The molecule has 92 valence electrons. The number of pyridine rings is 2. The molecule has 0 aliphatic carbocycles. The van der Waals surface area contributed by atoms with E-state index in [0.29, 0.717) is 17.3 Å². The van der Waals surface area contributed by atoms with Crippen LogP contribution in [0.2, 0.25) is 0 Å². The highest BCUT2D eigenvalue weighted by Crippen LogP contribution is 2.16. The standard InChI is InChI=1S/C14H15N3O/c1-10(2)11-5-7-16-13(8-11)17-14(18)12-4-3-6-15-9-12/h3-10H,1-2H3,(H,16,17,18). The molecule has 0 saturated heterocycles. The van der Waals surface area contributed by atoms with E-state index in [1.807, 2.05) is 12.1 Å². The maximum Gasteiger partial charge on any atom is 0.258 e.